The number of aromatic hydroxyl groups is 1. The molecule has 1 saturated heterocycles. The topological polar surface area (TPSA) is 129 Å². The molecule has 9 nitrogen and oxygen atoms in total. The van der Waals surface area contributed by atoms with Crippen LogP contribution in [0.3, 0.4) is 0 Å². The van der Waals surface area contributed by atoms with E-state index in [-0.39, 0.29) is 28.8 Å². The third-order valence-electron chi connectivity index (χ3n) is 6.67. The molecule has 2 aliphatic rings. The van der Waals surface area contributed by atoms with Crippen LogP contribution in [-0.4, -0.2) is 39.7 Å². The zero-order chi connectivity index (χ0) is 28.0. The number of aromatic nitrogens is 1. The van der Waals surface area contributed by atoms with Gasteiger partial charge in [-0.25, -0.2) is 9.29 Å². The van der Waals surface area contributed by atoms with Crippen LogP contribution in [0.1, 0.15) is 16.4 Å². The number of rotatable bonds is 6. The molecule has 3 amide bonds. The van der Waals surface area contributed by atoms with Crippen molar-refractivity contribution in [3.8, 4) is 11.5 Å². The van der Waals surface area contributed by atoms with Crippen LogP contribution in [0.4, 0.5) is 15.8 Å². The van der Waals surface area contributed by atoms with Gasteiger partial charge in [0.2, 0.25) is 11.8 Å². The van der Waals surface area contributed by atoms with Crippen LogP contribution < -0.4 is 19.8 Å². The Balaban J connectivity index is 1.24. The molecule has 3 heterocycles. The fourth-order valence-electron chi connectivity index (χ4n) is 4.88. The van der Waals surface area contributed by atoms with Crippen LogP contribution in [0.2, 0.25) is 0 Å². The van der Waals surface area contributed by atoms with Crippen LogP contribution in [0.15, 0.2) is 82.6 Å². The first-order valence-electron chi connectivity index (χ1n) is 12.1. The van der Waals surface area contributed by atoms with E-state index in [4.69, 9.17) is 4.74 Å². The van der Waals surface area contributed by atoms with E-state index >= 15 is 0 Å². The van der Waals surface area contributed by atoms with Gasteiger partial charge in [-0.1, -0.05) is 35.2 Å². The number of carbonyl (C=O) groups is 3. The van der Waals surface area contributed by atoms with E-state index in [1.807, 2.05) is 0 Å². The average Bonchev–Trinajstić information content (AvgIpc) is 3.44. The number of hydrogen-bond donors (Lipinski definition) is 3. The number of thioether (sulfide) groups is 1. The third-order valence-corrected chi connectivity index (χ3v) is 9.07. The summed E-state index contributed by atoms with van der Waals surface area (Å²) in [7, 11) is 0. The largest absolute Gasteiger partial charge is 0.508 e. The monoisotopic (exact) mass is 577 g/mol. The van der Waals surface area contributed by atoms with Crippen LogP contribution in [0.25, 0.3) is 0 Å². The number of imide groups is 1. The molecule has 0 bridgehead atoms. The first-order chi connectivity index (χ1) is 19.3. The molecule has 1 fully saturated rings. The second-order valence-corrected chi connectivity index (χ2v) is 11.4. The van der Waals surface area contributed by atoms with Crippen molar-refractivity contribution in [2.75, 3.05) is 16.8 Å². The number of anilines is 2. The maximum Gasteiger partial charge on any atom is 0.305 e. The van der Waals surface area contributed by atoms with Crippen LogP contribution >= 0.6 is 23.1 Å². The summed E-state index contributed by atoms with van der Waals surface area (Å²) in [6.07, 6.45) is 0. The Morgan fingerprint density at radius 2 is 1.68 bits per heavy atom. The van der Waals surface area contributed by atoms with Gasteiger partial charge in [0.1, 0.15) is 22.6 Å². The second-order valence-electron chi connectivity index (χ2n) is 9.19. The molecule has 0 radical (unpaired) electrons. The molecular formula is C28H20FN3O6S2. The predicted molar refractivity (Wildman–Crippen MR) is 147 cm³/mol. The highest BCUT2D eigenvalue weighted by atomic mass is 32.2. The molecule has 2 unspecified atom stereocenters. The Morgan fingerprint density at radius 1 is 0.975 bits per heavy atom. The summed E-state index contributed by atoms with van der Waals surface area (Å²) in [6, 6.07) is 18.0. The molecule has 1 aromatic heterocycles. The number of benzene rings is 3. The molecule has 0 spiro atoms. The minimum Gasteiger partial charge on any atom is -0.508 e. The normalized spacial score (nSPS) is 19.7. The summed E-state index contributed by atoms with van der Waals surface area (Å²) >= 11 is 2.16. The van der Waals surface area contributed by atoms with Crippen molar-refractivity contribution >= 4 is 52.2 Å². The van der Waals surface area contributed by atoms with E-state index in [2.05, 4.69) is 10.3 Å². The van der Waals surface area contributed by atoms with Crippen molar-refractivity contribution in [3.63, 3.8) is 0 Å². The summed E-state index contributed by atoms with van der Waals surface area (Å²) in [5.41, 5.74) is 1.50. The van der Waals surface area contributed by atoms with Gasteiger partial charge in [-0.2, -0.15) is 0 Å². The second kappa shape index (κ2) is 10.3. The highest BCUT2D eigenvalue weighted by Gasteiger charge is 2.56. The van der Waals surface area contributed by atoms with Crippen molar-refractivity contribution in [1.29, 1.82) is 0 Å². The summed E-state index contributed by atoms with van der Waals surface area (Å²) < 4.78 is 19.1. The summed E-state index contributed by atoms with van der Waals surface area (Å²) in [5.74, 6) is -2.56. The molecule has 0 saturated carbocycles. The Hall–Kier alpha value is -4.42. The molecule has 12 heteroatoms. The van der Waals surface area contributed by atoms with Crippen LogP contribution in [0.5, 0.6) is 11.5 Å². The van der Waals surface area contributed by atoms with Crippen molar-refractivity contribution < 1.29 is 28.6 Å². The number of nitrogens with one attached hydrogen (secondary N) is 2. The van der Waals surface area contributed by atoms with Gasteiger partial charge < -0.3 is 20.1 Å². The molecule has 3 N–H and O–H groups in total. The van der Waals surface area contributed by atoms with Gasteiger partial charge in [0.25, 0.3) is 5.91 Å². The number of thiazole rings is 1. The third kappa shape index (κ3) is 4.75. The van der Waals surface area contributed by atoms with Gasteiger partial charge in [-0.05, 0) is 66.2 Å². The fourth-order valence-corrected chi connectivity index (χ4v) is 7.40. The molecule has 3 atom stereocenters. The first-order valence-corrected chi connectivity index (χ1v) is 13.8. The molecular weight excluding hydrogens is 557 g/mol. The molecule has 3 aromatic carbocycles. The van der Waals surface area contributed by atoms with Gasteiger partial charge in [0.05, 0.1) is 16.6 Å². The Morgan fingerprint density at radius 3 is 2.38 bits per heavy atom. The number of nitrogens with zero attached hydrogens (tertiary/aromatic N) is 1. The Labute approximate surface area is 234 Å². The van der Waals surface area contributed by atoms with Gasteiger partial charge in [0, 0.05) is 16.5 Å². The van der Waals surface area contributed by atoms with Gasteiger partial charge in [-0.15, -0.1) is 0 Å². The Kier molecular flexibility index (Phi) is 6.64. The Bertz CT molecular complexity index is 1670. The van der Waals surface area contributed by atoms with Gasteiger partial charge in [0.15, 0.2) is 6.61 Å². The first kappa shape index (κ1) is 25.8. The number of amides is 3. The number of phenols is 1. The SMILES string of the molecule is O=C(COc1ccc([C@H]2c3sc(=O)[nH]c3SC3C(=O)N(c4ccc(F)cc4)C(=O)C32)cc1)Nc1ccc(O)cc1. The number of fused-ring (bicyclic) bond motifs is 2. The van der Waals surface area contributed by atoms with E-state index in [9.17, 15) is 28.7 Å². The van der Waals surface area contributed by atoms with E-state index < -0.39 is 34.7 Å². The maximum absolute atomic E-state index is 13.7. The lowest BCUT2D eigenvalue weighted by Crippen LogP contribution is -2.32. The minimum atomic E-state index is -0.774. The number of H-pyrrole nitrogens is 1. The molecule has 2 aliphatic heterocycles. The minimum absolute atomic E-state index is 0.0862. The predicted octanol–water partition coefficient (Wildman–Crippen LogP) is 4.09. The summed E-state index contributed by atoms with van der Waals surface area (Å²) in [4.78, 5) is 55.9. The lowest BCUT2D eigenvalue weighted by atomic mass is 9.83. The fraction of sp³-hybridized carbons (Fsp3) is 0.143. The molecule has 202 valence electrons. The van der Waals surface area contributed by atoms with E-state index in [0.717, 1.165) is 28.0 Å². The van der Waals surface area contributed by atoms with E-state index in [1.54, 1.807) is 36.4 Å². The highest BCUT2D eigenvalue weighted by Crippen LogP contribution is 2.53. The molecule has 0 aliphatic carbocycles. The van der Waals surface area contributed by atoms with Crippen LogP contribution in [0, 0.1) is 11.7 Å². The van der Waals surface area contributed by atoms with Crippen molar-refractivity contribution in [3.05, 3.63) is 98.7 Å². The zero-order valence-electron chi connectivity index (χ0n) is 20.5. The lowest BCUT2D eigenvalue weighted by Gasteiger charge is -2.29. The smallest absolute Gasteiger partial charge is 0.305 e. The number of ether oxygens (including phenoxy) is 1. The molecule has 40 heavy (non-hydrogen) atoms. The number of phenolic OH excluding ortho intramolecular Hbond substituents is 1. The number of hydrogen-bond acceptors (Lipinski definition) is 8. The van der Waals surface area contributed by atoms with Crippen molar-refractivity contribution in [1.82, 2.24) is 4.98 Å². The summed E-state index contributed by atoms with van der Waals surface area (Å²) in [6.45, 7) is -0.256. The molecule has 4 aromatic rings. The maximum atomic E-state index is 13.7. The average molecular weight is 578 g/mol. The lowest BCUT2D eigenvalue weighted by molar-refractivity contribution is -0.122. The quantitative estimate of drug-likeness (QED) is 0.233. The number of carbonyl (C=O) groups excluding carboxylic acids is 3. The number of halogens is 1. The van der Waals surface area contributed by atoms with Gasteiger partial charge in [-0.3, -0.25) is 19.2 Å². The number of aromatic amines is 1. The van der Waals surface area contributed by atoms with Crippen LogP contribution in [-0.2, 0) is 14.4 Å². The zero-order valence-corrected chi connectivity index (χ0v) is 22.1. The molecule has 6 rings (SSSR count). The van der Waals surface area contributed by atoms with Crippen molar-refractivity contribution in [2.24, 2.45) is 5.92 Å². The van der Waals surface area contributed by atoms with Gasteiger partial charge >= 0.3 is 4.87 Å². The standard InChI is InChI=1S/C28H20FN3O6S2/c29-15-3-7-17(8-4-15)32-26(35)22-21(23-25(31-28(37)40-23)39-24(22)27(32)36)14-1-11-19(12-2-14)38-13-20(34)30-16-5-9-18(33)10-6-16/h1-12,21-22,24,33H,13H2,(H,30,34)(H,31,37)/t21-,22?,24?/m1/s1. The summed E-state index contributed by atoms with van der Waals surface area (Å²) in [5, 5.41) is 11.8. The van der Waals surface area contributed by atoms with E-state index in [0.29, 0.717) is 26.9 Å². The van der Waals surface area contributed by atoms with Crippen molar-refractivity contribution in [2.45, 2.75) is 16.2 Å². The van der Waals surface area contributed by atoms with E-state index in [1.165, 1.54) is 36.4 Å². The highest BCUT2D eigenvalue weighted by molar-refractivity contribution is 8.00.